The van der Waals surface area contributed by atoms with Gasteiger partial charge >= 0.3 is 0 Å². The van der Waals surface area contributed by atoms with Crippen molar-refractivity contribution in [3.63, 3.8) is 0 Å². The Kier molecular flexibility index (Phi) is 7.08. The third-order valence-corrected chi connectivity index (χ3v) is 9.32. The van der Waals surface area contributed by atoms with E-state index in [0.717, 1.165) is 49.7 Å². The number of amides is 3. The van der Waals surface area contributed by atoms with Crippen molar-refractivity contribution in [3.8, 4) is 0 Å². The van der Waals surface area contributed by atoms with E-state index in [0.29, 0.717) is 12.1 Å². The molecule has 1 atom stereocenters. The van der Waals surface area contributed by atoms with Gasteiger partial charge in [0.25, 0.3) is 5.91 Å². The van der Waals surface area contributed by atoms with Crippen LogP contribution in [0, 0.1) is 0 Å². The molecule has 3 heterocycles. The normalized spacial score (nSPS) is 23.7. The summed E-state index contributed by atoms with van der Waals surface area (Å²) in [6.45, 7) is 4.94. The zero-order valence-electron chi connectivity index (χ0n) is 23.9. The molecule has 0 saturated carbocycles. The first kappa shape index (κ1) is 27.7. The Hall–Kier alpha value is -2.84. The van der Waals surface area contributed by atoms with Gasteiger partial charge in [0, 0.05) is 42.8 Å². The summed E-state index contributed by atoms with van der Waals surface area (Å²) in [5.74, 6) is -0.927. The molecule has 5 rings (SSSR count). The van der Waals surface area contributed by atoms with E-state index in [9.17, 15) is 14.4 Å². The van der Waals surface area contributed by atoms with E-state index < -0.39 is 27.7 Å². The Morgan fingerprint density at radius 1 is 0.949 bits per heavy atom. The molecule has 3 aliphatic rings. The maximum Gasteiger partial charge on any atom is 0.254 e. The summed E-state index contributed by atoms with van der Waals surface area (Å²) in [6, 6.07) is 13.5. The molecule has 2 aromatic carbocycles. The molecule has 0 radical (unpaired) electrons. The van der Waals surface area contributed by atoms with E-state index in [1.807, 2.05) is 65.3 Å². The lowest BCUT2D eigenvalue weighted by atomic mass is 9.26. The molecule has 0 spiro atoms. The van der Waals surface area contributed by atoms with Crippen LogP contribution in [0.15, 0.2) is 42.5 Å². The lowest BCUT2D eigenvalue weighted by Gasteiger charge is -2.55. The number of imide groups is 1. The van der Waals surface area contributed by atoms with Crippen LogP contribution in [0.25, 0.3) is 0 Å². The number of piperidine rings is 1. The van der Waals surface area contributed by atoms with Gasteiger partial charge in [-0.15, -0.1) is 0 Å². The fraction of sp³-hybridized carbons (Fsp3) is 0.400. The predicted molar refractivity (Wildman–Crippen MR) is 168 cm³/mol. The minimum absolute atomic E-state index is 0.190. The molecule has 2 aromatic rings. The first-order chi connectivity index (χ1) is 18.4. The maximum absolute atomic E-state index is 13.9. The second kappa shape index (κ2) is 9.97. The van der Waals surface area contributed by atoms with Crippen molar-refractivity contribution in [2.24, 2.45) is 0 Å². The van der Waals surface area contributed by atoms with E-state index in [1.165, 1.54) is 5.56 Å². The number of hydrogen-bond donors (Lipinski definition) is 2. The van der Waals surface area contributed by atoms with Crippen LogP contribution in [0.1, 0.15) is 27.0 Å². The molecule has 3 amide bonds. The van der Waals surface area contributed by atoms with Gasteiger partial charge in [0.15, 0.2) is 0 Å². The number of ether oxygens (including phenoxy) is 1. The van der Waals surface area contributed by atoms with Gasteiger partial charge in [-0.25, -0.2) is 0 Å². The highest BCUT2D eigenvalue weighted by molar-refractivity contribution is 6.63. The molecule has 0 aliphatic carbocycles. The number of hydrogen-bond acceptors (Lipinski definition) is 6. The van der Waals surface area contributed by atoms with Gasteiger partial charge in [0.1, 0.15) is 53.1 Å². The fourth-order valence-electron chi connectivity index (χ4n) is 6.27. The fourth-order valence-corrected chi connectivity index (χ4v) is 6.27. The smallest absolute Gasteiger partial charge is 0.254 e. The number of fused-ring (bicyclic) bond motifs is 1. The first-order valence-corrected chi connectivity index (χ1v) is 13.8. The number of anilines is 1. The van der Waals surface area contributed by atoms with Crippen LogP contribution < -0.4 is 10.6 Å². The zero-order valence-corrected chi connectivity index (χ0v) is 23.9. The van der Waals surface area contributed by atoms with Crippen molar-refractivity contribution in [2.75, 3.05) is 31.6 Å². The highest BCUT2D eigenvalue weighted by Gasteiger charge is 2.60. The Balaban J connectivity index is 1.41. The van der Waals surface area contributed by atoms with Crippen LogP contribution in [0.4, 0.5) is 5.69 Å². The van der Waals surface area contributed by atoms with Crippen molar-refractivity contribution < 1.29 is 19.1 Å². The number of carbonyl (C=O) groups is 3. The summed E-state index contributed by atoms with van der Waals surface area (Å²) in [7, 11) is 11.5. The quantitative estimate of drug-likeness (QED) is 0.297. The minimum atomic E-state index is -0.843. The van der Waals surface area contributed by atoms with Crippen LogP contribution in [-0.4, -0.2) is 107 Å². The van der Waals surface area contributed by atoms with Gasteiger partial charge in [0.2, 0.25) is 11.8 Å². The molecule has 2 fully saturated rings. The number of carbonyl (C=O) groups excluding carboxylic acids is 3. The lowest BCUT2D eigenvalue weighted by molar-refractivity contribution is -0.138. The third kappa shape index (κ3) is 4.65. The molecule has 196 valence electrons. The highest BCUT2D eigenvalue weighted by atomic mass is 16.5. The summed E-state index contributed by atoms with van der Waals surface area (Å²) in [4.78, 5) is 44.0. The van der Waals surface area contributed by atoms with E-state index in [4.69, 9.17) is 4.74 Å². The molecule has 0 aromatic heterocycles. The average molecular weight is 519 g/mol. The van der Waals surface area contributed by atoms with Crippen molar-refractivity contribution in [1.82, 2.24) is 15.1 Å². The molecular formula is C25H34B6N4O4. The highest BCUT2D eigenvalue weighted by Crippen LogP contribution is 2.53. The van der Waals surface area contributed by atoms with Crippen molar-refractivity contribution >= 4 is 70.5 Å². The molecule has 3 aliphatic heterocycles. The van der Waals surface area contributed by atoms with Gasteiger partial charge in [-0.2, -0.15) is 0 Å². The Morgan fingerprint density at radius 3 is 2.33 bits per heavy atom. The molecule has 2 N–H and O–H groups in total. The third-order valence-electron chi connectivity index (χ3n) is 9.32. The van der Waals surface area contributed by atoms with E-state index >= 15 is 0 Å². The predicted octanol–water partition coefficient (Wildman–Crippen LogP) is -4.25. The van der Waals surface area contributed by atoms with E-state index in [1.54, 1.807) is 4.90 Å². The van der Waals surface area contributed by atoms with E-state index in [-0.39, 0.29) is 11.8 Å². The molecule has 8 nitrogen and oxygen atoms in total. The number of nitrogens with zero attached hydrogens (tertiary/aromatic N) is 2. The van der Waals surface area contributed by atoms with Gasteiger partial charge < -0.3 is 15.0 Å². The number of morpholine rings is 1. The van der Waals surface area contributed by atoms with Gasteiger partial charge in [-0.05, 0) is 34.0 Å². The lowest BCUT2D eigenvalue weighted by Crippen LogP contribution is -2.69. The summed E-state index contributed by atoms with van der Waals surface area (Å²) in [5.41, 5.74) is 4.75. The summed E-state index contributed by atoms with van der Waals surface area (Å²) >= 11 is 0. The van der Waals surface area contributed by atoms with E-state index in [2.05, 4.69) is 39.8 Å². The summed E-state index contributed by atoms with van der Waals surface area (Å²) in [5, 5.41) is 3.72. The van der Waals surface area contributed by atoms with Gasteiger partial charge in [0.05, 0.1) is 13.2 Å². The molecule has 39 heavy (non-hydrogen) atoms. The number of rotatable bonds is 6. The van der Waals surface area contributed by atoms with Gasteiger partial charge in [-0.1, -0.05) is 35.5 Å². The van der Waals surface area contributed by atoms with Crippen molar-refractivity contribution in [3.05, 3.63) is 64.7 Å². The molecule has 2 saturated heterocycles. The minimum Gasteiger partial charge on any atom is -0.381 e. The van der Waals surface area contributed by atoms with Crippen LogP contribution >= 0.6 is 0 Å². The largest absolute Gasteiger partial charge is 0.381 e. The zero-order chi connectivity index (χ0) is 28.2. The van der Waals surface area contributed by atoms with Crippen LogP contribution in [0.2, 0.25) is 10.4 Å². The Morgan fingerprint density at radius 2 is 1.62 bits per heavy atom. The molecule has 0 bridgehead atoms. The van der Waals surface area contributed by atoms with Crippen molar-refractivity contribution in [1.29, 1.82) is 0 Å². The molecule has 1 unspecified atom stereocenters. The summed E-state index contributed by atoms with van der Waals surface area (Å²) < 4.78 is 5.47. The first-order valence-electron chi connectivity index (χ1n) is 13.8. The monoisotopic (exact) mass is 520 g/mol. The second-order valence-electron chi connectivity index (χ2n) is 12.6. The van der Waals surface area contributed by atoms with Gasteiger partial charge in [-0.3, -0.25) is 24.6 Å². The summed E-state index contributed by atoms with van der Waals surface area (Å²) in [6.07, 6.45) is 0. The number of nitrogens with one attached hydrogen (secondary N) is 2. The van der Waals surface area contributed by atoms with Crippen LogP contribution in [-0.2, 0) is 32.8 Å². The SMILES string of the molecule is BC1(B)c2c(NCc3cccc(CN4CCOCC4)c3)cccc2C(=O)N1C1C(=O)NC(=O)C(B)(B)C1(B)B. The average Bonchev–Trinajstić information content (AvgIpc) is 3.08. The molecular weight excluding hydrogens is 485 g/mol. The maximum atomic E-state index is 13.9. The Labute approximate surface area is 235 Å². The van der Waals surface area contributed by atoms with Crippen molar-refractivity contribution in [2.45, 2.75) is 34.9 Å². The van der Waals surface area contributed by atoms with Crippen LogP contribution in [0.5, 0.6) is 0 Å². The topological polar surface area (TPSA) is 91.0 Å². The Bertz CT molecular complexity index is 1330. The second-order valence-corrected chi connectivity index (χ2v) is 12.6. The van der Waals surface area contributed by atoms with Crippen LogP contribution in [0.3, 0.4) is 0 Å². The number of benzene rings is 2. The standard InChI is InChI=1S/C25H34B6N4O4/c26-23(27)19(20(36)33-22(38)24(23,28)29)35-21(37)16-5-2-6-17(18(16)25(35,30)31)32-12-14-3-1-4-15(11-14)13-34-7-9-39-10-8-34/h1-6,11,19,32H,7-10,12-13,26-31H2,(H,33,36,38). The molecule has 14 heteroatoms.